The van der Waals surface area contributed by atoms with Gasteiger partial charge in [-0.25, -0.2) is 4.79 Å². The number of nitrogens with zero attached hydrogens (tertiary/aromatic N) is 3. The third-order valence-electron chi connectivity index (χ3n) is 4.89. The van der Waals surface area contributed by atoms with Crippen molar-refractivity contribution in [2.75, 3.05) is 38.2 Å². The van der Waals surface area contributed by atoms with Crippen LogP contribution in [0.3, 0.4) is 0 Å². The molecule has 3 rings (SSSR count). The fourth-order valence-corrected chi connectivity index (χ4v) is 3.56. The summed E-state index contributed by atoms with van der Waals surface area (Å²) in [5, 5.41) is 10.2. The van der Waals surface area contributed by atoms with Gasteiger partial charge < -0.3 is 15.4 Å². The predicted molar refractivity (Wildman–Crippen MR) is 110 cm³/mol. The quantitative estimate of drug-likeness (QED) is 0.733. The Morgan fingerprint density at radius 2 is 2.07 bits per heavy atom. The van der Waals surface area contributed by atoms with Crippen LogP contribution < -0.4 is 10.6 Å². The number of morpholine rings is 1. The summed E-state index contributed by atoms with van der Waals surface area (Å²) in [6.07, 6.45) is 4.74. The highest BCUT2D eigenvalue weighted by Crippen LogP contribution is 2.14. The van der Waals surface area contributed by atoms with E-state index in [4.69, 9.17) is 4.74 Å². The monoisotopic (exact) mass is 385 g/mol. The van der Waals surface area contributed by atoms with E-state index in [1.165, 1.54) is 0 Å². The van der Waals surface area contributed by atoms with E-state index in [-0.39, 0.29) is 6.03 Å². The molecule has 1 aliphatic heterocycles. The molecule has 0 saturated carbocycles. The van der Waals surface area contributed by atoms with Gasteiger partial charge >= 0.3 is 6.03 Å². The minimum absolute atomic E-state index is 0.168. The Bertz CT molecular complexity index is 726. The van der Waals surface area contributed by atoms with E-state index in [1.807, 2.05) is 41.2 Å². The van der Waals surface area contributed by atoms with Gasteiger partial charge in [-0.05, 0) is 36.1 Å². The first-order valence-corrected chi connectivity index (χ1v) is 10.0. The molecule has 7 heteroatoms. The Morgan fingerprint density at radius 1 is 1.25 bits per heavy atom. The van der Waals surface area contributed by atoms with E-state index < -0.39 is 0 Å². The molecule has 152 valence electrons. The van der Waals surface area contributed by atoms with Gasteiger partial charge in [0.2, 0.25) is 0 Å². The van der Waals surface area contributed by atoms with Crippen molar-refractivity contribution in [3.8, 4) is 0 Å². The van der Waals surface area contributed by atoms with Crippen molar-refractivity contribution >= 4 is 11.7 Å². The molecule has 0 unspecified atom stereocenters. The van der Waals surface area contributed by atoms with E-state index in [2.05, 4.69) is 34.5 Å². The first-order chi connectivity index (χ1) is 13.6. The molecular formula is C21H31N5O2. The van der Waals surface area contributed by atoms with Crippen molar-refractivity contribution in [2.45, 2.75) is 32.9 Å². The van der Waals surface area contributed by atoms with Gasteiger partial charge in [-0.1, -0.05) is 26.0 Å². The topological polar surface area (TPSA) is 71.4 Å². The Kier molecular flexibility index (Phi) is 7.45. The lowest BCUT2D eigenvalue weighted by atomic mass is 10.0. The number of hydrogen-bond donors (Lipinski definition) is 2. The Hall–Kier alpha value is -2.38. The summed E-state index contributed by atoms with van der Waals surface area (Å²) in [6, 6.07) is 9.93. The minimum Gasteiger partial charge on any atom is -0.379 e. The second kappa shape index (κ2) is 10.2. The third kappa shape index (κ3) is 6.35. The van der Waals surface area contributed by atoms with Crippen LogP contribution >= 0.6 is 0 Å². The normalized spacial score (nSPS) is 16.1. The summed E-state index contributed by atoms with van der Waals surface area (Å²) < 4.78 is 7.32. The van der Waals surface area contributed by atoms with Gasteiger partial charge in [-0.3, -0.25) is 9.58 Å². The van der Waals surface area contributed by atoms with Crippen molar-refractivity contribution in [1.29, 1.82) is 0 Å². The number of carbonyl (C=O) groups is 1. The van der Waals surface area contributed by atoms with Gasteiger partial charge in [0.25, 0.3) is 0 Å². The molecule has 0 spiro atoms. The number of hydrogen-bond acceptors (Lipinski definition) is 4. The summed E-state index contributed by atoms with van der Waals surface area (Å²) >= 11 is 0. The van der Waals surface area contributed by atoms with E-state index in [0.29, 0.717) is 25.0 Å². The lowest BCUT2D eigenvalue weighted by molar-refractivity contribution is 0.0130. The molecule has 1 fully saturated rings. The van der Waals surface area contributed by atoms with Crippen LogP contribution in [0, 0.1) is 5.92 Å². The van der Waals surface area contributed by atoms with Crippen LogP contribution in [0.1, 0.15) is 25.8 Å². The van der Waals surface area contributed by atoms with Crippen LogP contribution in [0.25, 0.3) is 0 Å². The average Bonchev–Trinajstić information content (AvgIpc) is 3.19. The molecule has 0 radical (unpaired) electrons. The zero-order chi connectivity index (χ0) is 19.8. The Balaban J connectivity index is 1.52. The second-order valence-electron chi connectivity index (χ2n) is 7.67. The number of amides is 2. The zero-order valence-electron chi connectivity index (χ0n) is 16.8. The summed E-state index contributed by atoms with van der Waals surface area (Å²) in [5.74, 6) is 0.580. The lowest BCUT2D eigenvalue weighted by Crippen LogP contribution is -2.49. The summed E-state index contributed by atoms with van der Waals surface area (Å²) in [4.78, 5) is 14.9. The van der Waals surface area contributed by atoms with E-state index in [1.54, 1.807) is 6.20 Å². The van der Waals surface area contributed by atoms with Gasteiger partial charge in [0.1, 0.15) is 0 Å². The molecule has 1 aromatic heterocycles. The summed E-state index contributed by atoms with van der Waals surface area (Å²) in [6.45, 7) is 9.14. The number of ether oxygens (including phenoxy) is 1. The molecule has 2 aromatic rings. The third-order valence-corrected chi connectivity index (χ3v) is 4.89. The number of rotatable bonds is 8. The van der Waals surface area contributed by atoms with Crippen LogP contribution in [0.2, 0.25) is 0 Å². The molecule has 2 heterocycles. The molecule has 7 nitrogen and oxygen atoms in total. The van der Waals surface area contributed by atoms with Crippen LogP contribution in [0.4, 0.5) is 10.5 Å². The fourth-order valence-electron chi connectivity index (χ4n) is 3.56. The van der Waals surface area contributed by atoms with Crippen molar-refractivity contribution < 1.29 is 9.53 Å². The maximum atomic E-state index is 12.4. The van der Waals surface area contributed by atoms with Crippen LogP contribution in [-0.4, -0.2) is 59.6 Å². The van der Waals surface area contributed by atoms with Crippen LogP contribution in [-0.2, 0) is 11.3 Å². The number of nitrogens with one attached hydrogen (secondary N) is 2. The van der Waals surface area contributed by atoms with Crippen molar-refractivity contribution in [2.24, 2.45) is 5.92 Å². The van der Waals surface area contributed by atoms with Gasteiger partial charge in [-0.2, -0.15) is 5.10 Å². The SMILES string of the molecule is CC(C)C[C@@H](CNC(=O)Nc1cccc(Cn2cccn2)c1)N1CCOCC1. The van der Waals surface area contributed by atoms with Crippen molar-refractivity contribution in [1.82, 2.24) is 20.0 Å². The number of aromatic nitrogens is 2. The predicted octanol–water partition coefficient (Wildman–Crippen LogP) is 2.80. The zero-order valence-corrected chi connectivity index (χ0v) is 16.8. The van der Waals surface area contributed by atoms with E-state index >= 15 is 0 Å². The second-order valence-corrected chi connectivity index (χ2v) is 7.67. The first-order valence-electron chi connectivity index (χ1n) is 10.0. The maximum Gasteiger partial charge on any atom is 0.319 e. The molecule has 1 aromatic carbocycles. The molecule has 0 bridgehead atoms. The smallest absolute Gasteiger partial charge is 0.319 e. The van der Waals surface area contributed by atoms with Crippen LogP contribution in [0.5, 0.6) is 0 Å². The van der Waals surface area contributed by atoms with Gasteiger partial charge in [0, 0.05) is 43.8 Å². The van der Waals surface area contributed by atoms with Gasteiger partial charge in [0.05, 0.1) is 19.8 Å². The highest BCUT2D eigenvalue weighted by Gasteiger charge is 2.22. The highest BCUT2D eigenvalue weighted by atomic mass is 16.5. The first kappa shape index (κ1) is 20.4. The average molecular weight is 386 g/mol. The highest BCUT2D eigenvalue weighted by molar-refractivity contribution is 5.89. The van der Waals surface area contributed by atoms with E-state index in [9.17, 15) is 4.79 Å². The van der Waals surface area contributed by atoms with Crippen molar-refractivity contribution in [3.63, 3.8) is 0 Å². The summed E-state index contributed by atoms with van der Waals surface area (Å²) in [5.41, 5.74) is 1.88. The van der Waals surface area contributed by atoms with Gasteiger partial charge in [0.15, 0.2) is 0 Å². The molecule has 2 amide bonds. The molecular weight excluding hydrogens is 354 g/mol. The number of carbonyl (C=O) groups excluding carboxylic acids is 1. The van der Waals surface area contributed by atoms with Crippen LogP contribution in [0.15, 0.2) is 42.7 Å². The molecule has 1 atom stereocenters. The standard InChI is InChI=1S/C21H31N5O2/c1-17(2)13-20(25-9-11-28-12-10-25)15-22-21(27)24-19-6-3-5-18(14-19)16-26-8-4-7-23-26/h3-8,14,17,20H,9-13,15-16H2,1-2H3,(H2,22,24,27)/t20-/m0/s1. The van der Waals surface area contributed by atoms with Crippen molar-refractivity contribution in [3.05, 3.63) is 48.3 Å². The molecule has 1 saturated heterocycles. The maximum absolute atomic E-state index is 12.4. The summed E-state index contributed by atoms with van der Waals surface area (Å²) in [7, 11) is 0. The fraction of sp³-hybridized carbons (Fsp3) is 0.524. The lowest BCUT2D eigenvalue weighted by Gasteiger charge is -2.35. The number of urea groups is 1. The number of anilines is 1. The minimum atomic E-state index is -0.168. The van der Waals surface area contributed by atoms with Gasteiger partial charge in [-0.15, -0.1) is 0 Å². The van der Waals surface area contributed by atoms with E-state index in [0.717, 1.165) is 44.0 Å². The Labute approximate surface area is 167 Å². The largest absolute Gasteiger partial charge is 0.379 e. The Morgan fingerprint density at radius 3 is 2.79 bits per heavy atom. The molecule has 28 heavy (non-hydrogen) atoms. The molecule has 0 aliphatic carbocycles. The number of benzene rings is 1. The molecule has 2 N–H and O–H groups in total. The molecule has 1 aliphatic rings.